The average molecular weight is 489 g/mol. The lowest BCUT2D eigenvalue weighted by Crippen LogP contribution is -2.32. The molecule has 1 aliphatic rings. The first kappa shape index (κ1) is 26.7. The third-order valence-corrected chi connectivity index (χ3v) is 6.53. The van der Waals surface area contributed by atoms with E-state index in [1.165, 1.54) is 16.7 Å². The molecule has 4 rings (SSSR count). The number of fused-ring (bicyclic) bond motifs is 1. The number of nitrogen functional groups attached to an aromatic ring is 2. The van der Waals surface area contributed by atoms with Gasteiger partial charge in [-0.3, -0.25) is 10.3 Å². The lowest BCUT2D eigenvalue weighted by molar-refractivity contribution is 0.255. The molecule has 3 aromatic carbocycles. The molecule has 0 radical (unpaired) electrons. The van der Waals surface area contributed by atoms with Crippen LogP contribution >= 0.6 is 0 Å². The lowest BCUT2D eigenvalue weighted by Gasteiger charge is -2.29. The molecule has 0 fully saturated rings. The van der Waals surface area contributed by atoms with Gasteiger partial charge in [0.25, 0.3) is 0 Å². The minimum atomic E-state index is -0.0967. The first-order valence-corrected chi connectivity index (χ1v) is 11.9. The minimum absolute atomic E-state index is 0.0967. The van der Waals surface area contributed by atoms with Crippen molar-refractivity contribution in [2.24, 2.45) is 5.11 Å². The molecule has 0 unspecified atom stereocenters. The largest absolute Gasteiger partial charge is 0.493 e. The normalized spacial score (nSPS) is 12.7. The van der Waals surface area contributed by atoms with Gasteiger partial charge in [0.1, 0.15) is 0 Å². The van der Waals surface area contributed by atoms with E-state index in [9.17, 15) is 0 Å². The molecule has 0 atom stereocenters. The van der Waals surface area contributed by atoms with Gasteiger partial charge in [-0.1, -0.05) is 12.1 Å². The molecule has 6 N–H and O–H groups in total. The average Bonchev–Trinajstić information content (AvgIpc) is 2.89. The van der Waals surface area contributed by atoms with Gasteiger partial charge in [0, 0.05) is 36.6 Å². The molecule has 0 spiro atoms. The summed E-state index contributed by atoms with van der Waals surface area (Å²) in [5.41, 5.74) is 26.2. The van der Waals surface area contributed by atoms with Crippen molar-refractivity contribution >= 4 is 17.2 Å². The molecule has 36 heavy (non-hydrogen) atoms. The predicted molar refractivity (Wildman–Crippen MR) is 145 cm³/mol. The standard InChI is InChI=1S/C19H24N2O2.C9H12N4/c1-22-18-11-15-8-10-21(13-16(15)12-19(18)23-2)9-7-14-3-5-17(20)6-4-14;1-5-3-7(9(11)13-12)8(10)4-6(5)2/h3-6,11-12H,7-10,13,20H2,1-2H3;3-4,11-12H,10H2,1-2H3. The van der Waals surface area contributed by atoms with Gasteiger partial charge in [0.05, 0.1) is 14.2 Å². The van der Waals surface area contributed by atoms with Crippen LogP contribution in [0.5, 0.6) is 11.5 Å². The van der Waals surface area contributed by atoms with Crippen LogP contribution in [-0.4, -0.2) is 38.0 Å². The summed E-state index contributed by atoms with van der Waals surface area (Å²) in [4.78, 5) is 2.49. The maximum Gasteiger partial charge on any atom is 0.175 e. The number of hydrogen-bond donors (Lipinski definition) is 4. The molecule has 0 bridgehead atoms. The number of benzene rings is 3. The van der Waals surface area contributed by atoms with Crippen LogP contribution in [0.3, 0.4) is 0 Å². The number of methoxy groups -OCH3 is 2. The quantitative estimate of drug-likeness (QED) is 0.165. The number of anilines is 2. The van der Waals surface area contributed by atoms with Gasteiger partial charge in [0.15, 0.2) is 17.3 Å². The number of nitrogens with two attached hydrogens (primary N) is 2. The maximum atomic E-state index is 7.35. The zero-order valence-corrected chi connectivity index (χ0v) is 21.5. The SMILES string of the molecule is COc1cc2c(cc1OC)CN(CCc1ccc(N)cc1)CC2.Cc1cc(N)c(C(=N)N=N)cc1C. The van der Waals surface area contributed by atoms with Crippen LogP contribution in [0, 0.1) is 24.8 Å². The second-order valence-corrected chi connectivity index (χ2v) is 8.98. The molecule has 1 heterocycles. The van der Waals surface area contributed by atoms with Crippen LogP contribution in [0.25, 0.3) is 0 Å². The first-order chi connectivity index (χ1) is 17.2. The first-order valence-electron chi connectivity index (χ1n) is 11.9. The number of amidine groups is 1. The summed E-state index contributed by atoms with van der Waals surface area (Å²) in [6, 6.07) is 16.0. The smallest absolute Gasteiger partial charge is 0.175 e. The highest BCUT2D eigenvalue weighted by atomic mass is 16.5. The number of ether oxygens (including phenoxy) is 2. The molecule has 8 heteroatoms. The van der Waals surface area contributed by atoms with E-state index in [-0.39, 0.29) is 5.84 Å². The maximum absolute atomic E-state index is 7.35. The number of nitrogens with zero attached hydrogens (tertiary/aromatic N) is 2. The van der Waals surface area contributed by atoms with Crippen molar-refractivity contribution in [3.8, 4) is 11.5 Å². The number of aryl methyl sites for hydroxylation is 2. The second kappa shape index (κ2) is 12.2. The molecular formula is C28H36N6O2. The molecule has 0 saturated carbocycles. The summed E-state index contributed by atoms with van der Waals surface area (Å²) in [5.74, 6) is 1.54. The highest BCUT2D eigenvalue weighted by Crippen LogP contribution is 2.33. The van der Waals surface area contributed by atoms with E-state index in [2.05, 4.69) is 34.3 Å². The van der Waals surface area contributed by atoms with E-state index in [1.807, 2.05) is 26.0 Å². The van der Waals surface area contributed by atoms with Crippen LogP contribution < -0.4 is 20.9 Å². The van der Waals surface area contributed by atoms with Crippen molar-refractivity contribution in [2.75, 3.05) is 38.8 Å². The zero-order chi connectivity index (χ0) is 26.2. The Hall–Kier alpha value is -3.91. The summed E-state index contributed by atoms with van der Waals surface area (Å²) in [5, 5.41) is 10.4. The fraction of sp³-hybridized carbons (Fsp3) is 0.321. The van der Waals surface area contributed by atoms with Crippen LogP contribution in [0.1, 0.15) is 33.4 Å². The van der Waals surface area contributed by atoms with Crippen molar-refractivity contribution in [2.45, 2.75) is 33.2 Å². The van der Waals surface area contributed by atoms with E-state index in [1.54, 1.807) is 26.4 Å². The molecule has 0 aromatic heterocycles. The Morgan fingerprint density at radius 2 is 1.56 bits per heavy atom. The Balaban J connectivity index is 0.000000236. The molecule has 0 saturated heterocycles. The van der Waals surface area contributed by atoms with Crippen molar-refractivity contribution in [3.63, 3.8) is 0 Å². The van der Waals surface area contributed by atoms with Gasteiger partial charge in [-0.15, -0.1) is 5.11 Å². The van der Waals surface area contributed by atoms with Gasteiger partial charge in [0.2, 0.25) is 0 Å². The summed E-state index contributed by atoms with van der Waals surface area (Å²) in [6.45, 7) is 6.99. The molecule has 1 aliphatic heterocycles. The third kappa shape index (κ3) is 6.60. The highest BCUT2D eigenvalue weighted by molar-refractivity contribution is 6.01. The van der Waals surface area contributed by atoms with E-state index in [0.717, 1.165) is 60.8 Å². The molecule has 8 nitrogen and oxygen atoms in total. The van der Waals surface area contributed by atoms with E-state index >= 15 is 0 Å². The fourth-order valence-electron chi connectivity index (χ4n) is 4.21. The summed E-state index contributed by atoms with van der Waals surface area (Å²) >= 11 is 0. The van der Waals surface area contributed by atoms with E-state index in [0.29, 0.717) is 11.3 Å². The van der Waals surface area contributed by atoms with E-state index in [4.69, 9.17) is 31.9 Å². The number of hydrogen-bond acceptors (Lipinski definition) is 7. The van der Waals surface area contributed by atoms with Crippen molar-refractivity contribution in [1.82, 2.24) is 4.90 Å². The van der Waals surface area contributed by atoms with Crippen LogP contribution in [-0.2, 0) is 19.4 Å². The van der Waals surface area contributed by atoms with Crippen molar-refractivity contribution < 1.29 is 9.47 Å². The number of nitrogens with one attached hydrogen (secondary N) is 2. The van der Waals surface area contributed by atoms with Crippen LogP contribution in [0.15, 0.2) is 53.6 Å². The summed E-state index contributed by atoms with van der Waals surface area (Å²) < 4.78 is 10.8. The molecule has 3 aromatic rings. The molecule has 190 valence electrons. The molecule has 0 aliphatic carbocycles. The fourth-order valence-corrected chi connectivity index (χ4v) is 4.21. The van der Waals surface area contributed by atoms with Gasteiger partial charge in [-0.05, 0) is 90.9 Å². The van der Waals surface area contributed by atoms with E-state index < -0.39 is 0 Å². The predicted octanol–water partition coefficient (Wildman–Crippen LogP) is 5.13. The Kier molecular flexibility index (Phi) is 9.02. The van der Waals surface area contributed by atoms with Crippen LogP contribution in [0.2, 0.25) is 0 Å². The second-order valence-electron chi connectivity index (χ2n) is 8.98. The van der Waals surface area contributed by atoms with Gasteiger partial charge in [-0.2, -0.15) is 0 Å². The molecule has 0 amide bonds. The lowest BCUT2D eigenvalue weighted by atomic mass is 9.98. The summed E-state index contributed by atoms with van der Waals surface area (Å²) in [7, 11) is 3.37. The number of rotatable bonds is 6. The molecular weight excluding hydrogens is 452 g/mol. The van der Waals surface area contributed by atoms with Gasteiger partial charge >= 0.3 is 0 Å². The monoisotopic (exact) mass is 488 g/mol. The van der Waals surface area contributed by atoms with Gasteiger partial charge in [-0.25, -0.2) is 5.53 Å². The zero-order valence-electron chi connectivity index (χ0n) is 21.5. The van der Waals surface area contributed by atoms with Crippen LogP contribution in [0.4, 0.5) is 11.4 Å². The topological polar surface area (TPSA) is 134 Å². The highest BCUT2D eigenvalue weighted by Gasteiger charge is 2.19. The minimum Gasteiger partial charge on any atom is -0.493 e. The Morgan fingerprint density at radius 1 is 0.944 bits per heavy atom. The van der Waals surface area contributed by atoms with Crippen molar-refractivity contribution in [3.05, 3.63) is 81.9 Å². The Bertz CT molecular complexity index is 1220. The Morgan fingerprint density at radius 3 is 2.17 bits per heavy atom. The Labute approximate surface area is 213 Å². The van der Waals surface area contributed by atoms with Gasteiger partial charge < -0.3 is 20.9 Å². The third-order valence-electron chi connectivity index (χ3n) is 6.53. The van der Waals surface area contributed by atoms with Crippen molar-refractivity contribution in [1.29, 1.82) is 10.9 Å². The summed E-state index contributed by atoms with van der Waals surface area (Å²) in [6.07, 6.45) is 2.10.